The van der Waals surface area contributed by atoms with E-state index < -0.39 is 15.9 Å². The lowest BCUT2D eigenvalue weighted by Gasteiger charge is -2.32. The molecule has 2 aromatic heterocycles. The van der Waals surface area contributed by atoms with Crippen LogP contribution in [0.25, 0.3) is 16.5 Å². The normalized spacial score (nSPS) is 22.0. The first kappa shape index (κ1) is 39.1. The summed E-state index contributed by atoms with van der Waals surface area (Å²) < 4.78 is 49.4. The van der Waals surface area contributed by atoms with Gasteiger partial charge in [0, 0.05) is 66.8 Å². The molecule has 12 nitrogen and oxygen atoms in total. The fourth-order valence-electron chi connectivity index (χ4n) is 9.01. The third-order valence-electron chi connectivity index (χ3n) is 11.3. The number of sulfonamides is 1. The Morgan fingerprint density at radius 2 is 1.85 bits per heavy atom. The summed E-state index contributed by atoms with van der Waals surface area (Å²) in [5.41, 5.74) is 5.85. The van der Waals surface area contributed by atoms with Crippen molar-refractivity contribution in [2.45, 2.75) is 90.3 Å². The van der Waals surface area contributed by atoms with E-state index in [-0.39, 0.29) is 47.1 Å². The van der Waals surface area contributed by atoms with Crippen LogP contribution in [0.3, 0.4) is 0 Å². The van der Waals surface area contributed by atoms with Gasteiger partial charge < -0.3 is 23.7 Å². The van der Waals surface area contributed by atoms with Crippen LogP contribution in [0.15, 0.2) is 54.5 Å². The number of nitrogens with zero attached hydrogens (tertiary/aromatic N) is 4. The average Bonchev–Trinajstić information content (AvgIpc) is 3.69. The van der Waals surface area contributed by atoms with Gasteiger partial charge in [-0.3, -0.25) is 14.3 Å². The monoisotopic (exact) mass is 773 g/mol. The van der Waals surface area contributed by atoms with Crippen LogP contribution in [0.1, 0.15) is 115 Å². The highest BCUT2D eigenvalue weighted by Crippen LogP contribution is 2.49. The minimum absolute atomic E-state index is 0.0412. The predicted octanol–water partition coefficient (Wildman–Crippen LogP) is 6.57. The van der Waals surface area contributed by atoms with Gasteiger partial charge in [-0.25, -0.2) is 13.1 Å². The molecule has 0 spiro atoms. The fourth-order valence-corrected chi connectivity index (χ4v) is 10.4. The SMILES string of the molecule is COCC1CN(C(=O)c2cnn(C(C)C)c2C2=CC3C=C(OC)C=CC3c3c(C4CCCCC4)c4ccc(C(=O)NS(=O)(=O)CC(C)C)cc4n3C2)CCO1. The number of hydrogen-bond acceptors (Lipinski definition) is 8. The Labute approximate surface area is 324 Å². The first-order valence-corrected chi connectivity index (χ1v) is 21.4. The lowest BCUT2D eigenvalue weighted by Crippen LogP contribution is -2.47. The molecule has 4 aliphatic rings. The smallest absolute Gasteiger partial charge is 0.264 e. The molecule has 13 heteroatoms. The fraction of sp³-hybridized carbons (Fsp3) is 0.548. The molecule has 3 atom stereocenters. The molecule has 2 fully saturated rings. The Balaban J connectivity index is 1.41. The number of ether oxygens (including phenoxy) is 3. The number of morpholine rings is 1. The van der Waals surface area contributed by atoms with Gasteiger partial charge in [-0.1, -0.05) is 51.3 Å². The number of fused-ring (bicyclic) bond motifs is 5. The molecule has 1 saturated heterocycles. The Bertz CT molecular complexity index is 2130. The van der Waals surface area contributed by atoms with Crippen LogP contribution < -0.4 is 4.72 Å². The molecule has 2 amide bonds. The van der Waals surface area contributed by atoms with Gasteiger partial charge in [0.15, 0.2) is 0 Å². The summed E-state index contributed by atoms with van der Waals surface area (Å²) >= 11 is 0. The number of nitrogens with one attached hydrogen (secondary N) is 1. The molecule has 2 aliphatic heterocycles. The van der Waals surface area contributed by atoms with Gasteiger partial charge in [0.25, 0.3) is 11.8 Å². The zero-order valence-corrected chi connectivity index (χ0v) is 33.7. The summed E-state index contributed by atoms with van der Waals surface area (Å²) in [6.45, 7) is 9.88. The Hall–Kier alpha value is -4.20. The molecule has 296 valence electrons. The molecule has 0 bridgehead atoms. The van der Waals surface area contributed by atoms with E-state index in [4.69, 9.17) is 19.3 Å². The van der Waals surface area contributed by atoms with Crippen LogP contribution in [0.5, 0.6) is 0 Å². The summed E-state index contributed by atoms with van der Waals surface area (Å²) in [5, 5.41) is 5.89. The number of rotatable bonds is 11. The van der Waals surface area contributed by atoms with E-state index in [1.54, 1.807) is 26.5 Å². The standard InChI is InChI=1S/C42H55N5O7S/c1-26(2)25-55(50,51)44-41(48)29-12-14-35-37(20-29)46-22-31(18-30-19-32(53-6)13-15-34(30)40(46)38(35)28-10-8-7-9-11-28)39-36(21-43-47(39)27(3)4)42(49)45-16-17-54-33(23-45)24-52-5/h12-15,18-21,26-28,30,33-34H,7-11,16-17,22-25H2,1-6H3,(H,44,48). The first-order valence-electron chi connectivity index (χ1n) is 19.7. The van der Waals surface area contributed by atoms with Crippen LogP contribution in [-0.4, -0.2) is 91.9 Å². The third-order valence-corrected chi connectivity index (χ3v) is 12.9. The van der Waals surface area contributed by atoms with E-state index in [9.17, 15) is 18.0 Å². The van der Waals surface area contributed by atoms with Crippen LogP contribution in [-0.2, 0) is 30.8 Å². The number of hydrogen-bond donors (Lipinski definition) is 1. The molecule has 1 N–H and O–H groups in total. The minimum Gasteiger partial charge on any atom is -0.497 e. The number of carbonyl (C=O) groups is 2. The maximum absolute atomic E-state index is 14.5. The number of methoxy groups -OCH3 is 2. The van der Waals surface area contributed by atoms with Gasteiger partial charge >= 0.3 is 0 Å². The summed E-state index contributed by atoms with van der Waals surface area (Å²) in [4.78, 5) is 29.9. The number of aromatic nitrogens is 3. The van der Waals surface area contributed by atoms with Gasteiger partial charge in [-0.2, -0.15) is 5.10 Å². The lowest BCUT2D eigenvalue weighted by atomic mass is 9.77. The summed E-state index contributed by atoms with van der Waals surface area (Å²) in [6.07, 6.45) is 15.8. The van der Waals surface area contributed by atoms with Gasteiger partial charge in [-0.15, -0.1) is 0 Å². The molecule has 4 heterocycles. The van der Waals surface area contributed by atoms with Crippen LogP contribution in [0.4, 0.5) is 0 Å². The van der Waals surface area contributed by atoms with Gasteiger partial charge in [-0.05, 0) is 73.9 Å². The number of carbonyl (C=O) groups excluding carboxylic acids is 2. The van der Waals surface area contributed by atoms with Crippen molar-refractivity contribution in [3.8, 4) is 0 Å². The zero-order chi connectivity index (χ0) is 39.0. The van der Waals surface area contributed by atoms with Gasteiger partial charge in [0.2, 0.25) is 10.0 Å². The summed E-state index contributed by atoms with van der Waals surface area (Å²) in [5.74, 6) is -0.0641. The van der Waals surface area contributed by atoms with E-state index in [0.29, 0.717) is 44.3 Å². The van der Waals surface area contributed by atoms with E-state index in [2.05, 4.69) is 41.4 Å². The maximum atomic E-state index is 14.5. The molecule has 2 aliphatic carbocycles. The lowest BCUT2D eigenvalue weighted by molar-refractivity contribution is -0.0531. The minimum atomic E-state index is -3.82. The quantitative estimate of drug-likeness (QED) is 0.232. The first-order chi connectivity index (χ1) is 26.4. The van der Waals surface area contributed by atoms with E-state index in [0.717, 1.165) is 53.6 Å². The second kappa shape index (κ2) is 16.1. The maximum Gasteiger partial charge on any atom is 0.264 e. The zero-order valence-electron chi connectivity index (χ0n) is 32.9. The average molecular weight is 774 g/mol. The van der Waals surface area contributed by atoms with Gasteiger partial charge in [0.05, 0.1) is 49.6 Å². The Kier molecular flexibility index (Phi) is 11.4. The highest BCUT2D eigenvalue weighted by molar-refractivity contribution is 7.90. The molecular formula is C42H55N5O7S. The van der Waals surface area contributed by atoms with Crippen molar-refractivity contribution in [3.63, 3.8) is 0 Å². The number of amides is 2. The molecule has 55 heavy (non-hydrogen) atoms. The second-order valence-electron chi connectivity index (χ2n) is 16.1. The van der Waals surface area contributed by atoms with Crippen LogP contribution in [0.2, 0.25) is 0 Å². The number of allylic oxidation sites excluding steroid dienone is 5. The Morgan fingerprint density at radius 3 is 2.56 bits per heavy atom. The van der Waals surface area contributed by atoms with E-state index in [1.165, 1.54) is 17.7 Å². The predicted molar refractivity (Wildman–Crippen MR) is 212 cm³/mol. The second-order valence-corrected chi connectivity index (χ2v) is 17.9. The van der Waals surface area contributed by atoms with Crippen molar-refractivity contribution >= 4 is 38.3 Å². The van der Waals surface area contributed by atoms with E-state index >= 15 is 0 Å². The van der Waals surface area contributed by atoms with Crippen LogP contribution >= 0.6 is 0 Å². The molecule has 3 aromatic rings. The van der Waals surface area contributed by atoms with Crippen molar-refractivity contribution < 1.29 is 32.2 Å². The van der Waals surface area contributed by atoms with Gasteiger partial charge in [0.1, 0.15) is 5.76 Å². The van der Waals surface area contributed by atoms with Crippen molar-refractivity contribution in [1.29, 1.82) is 0 Å². The highest BCUT2D eigenvalue weighted by atomic mass is 32.2. The van der Waals surface area contributed by atoms with Crippen molar-refractivity contribution in [2.75, 3.05) is 46.3 Å². The highest BCUT2D eigenvalue weighted by Gasteiger charge is 2.37. The molecule has 1 aromatic carbocycles. The molecular weight excluding hydrogens is 719 g/mol. The molecule has 1 saturated carbocycles. The van der Waals surface area contributed by atoms with E-state index in [1.807, 2.05) is 41.6 Å². The van der Waals surface area contributed by atoms with Crippen molar-refractivity contribution in [3.05, 3.63) is 82.5 Å². The largest absolute Gasteiger partial charge is 0.497 e. The Morgan fingerprint density at radius 1 is 1.07 bits per heavy atom. The number of benzene rings is 1. The summed E-state index contributed by atoms with van der Waals surface area (Å²) in [7, 11) is -0.511. The molecule has 0 radical (unpaired) electrons. The summed E-state index contributed by atoms with van der Waals surface area (Å²) in [6, 6.07) is 5.57. The molecule has 3 unspecified atom stereocenters. The van der Waals surface area contributed by atoms with Crippen molar-refractivity contribution in [1.82, 2.24) is 24.0 Å². The topological polar surface area (TPSA) is 134 Å². The third kappa shape index (κ3) is 7.93. The van der Waals surface area contributed by atoms with Crippen molar-refractivity contribution in [2.24, 2.45) is 11.8 Å². The van der Waals surface area contributed by atoms with Crippen LogP contribution in [0, 0.1) is 11.8 Å². The molecule has 7 rings (SSSR count).